The van der Waals surface area contributed by atoms with E-state index in [1.165, 1.54) is 7.11 Å². The molecule has 0 aliphatic heterocycles. The Morgan fingerprint density at radius 1 is 1.67 bits per heavy atom. The molecule has 0 aliphatic carbocycles. The maximum absolute atomic E-state index is 10.6. The maximum atomic E-state index is 10.6. The van der Waals surface area contributed by atoms with Crippen molar-refractivity contribution in [1.82, 2.24) is 5.32 Å². The Bertz CT molecular complexity index is 125. The molecule has 12 heavy (non-hydrogen) atoms. The van der Waals surface area contributed by atoms with E-state index in [0.29, 0.717) is 13.0 Å². The van der Waals surface area contributed by atoms with Crippen LogP contribution in [0.2, 0.25) is 0 Å². The van der Waals surface area contributed by atoms with Gasteiger partial charge in [0.25, 0.3) is 0 Å². The van der Waals surface area contributed by atoms with E-state index < -0.39 is 0 Å². The number of hydrogen-bond donors (Lipinski definition) is 2. The lowest BCUT2D eigenvalue weighted by molar-refractivity contribution is -0.140. The first-order valence-electron chi connectivity index (χ1n) is 4.12. The van der Waals surface area contributed by atoms with Gasteiger partial charge in [-0.15, -0.1) is 0 Å². The smallest absolute Gasteiger partial charge is 0.305 e. The molecule has 0 aromatic heterocycles. The van der Waals surface area contributed by atoms with Crippen LogP contribution in [0.25, 0.3) is 0 Å². The van der Waals surface area contributed by atoms with Crippen LogP contribution < -0.4 is 5.32 Å². The minimum Gasteiger partial charge on any atom is -0.469 e. The number of hydrogen-bond acceptors (Lipinski definition) is 4. The summed E-state index contributed by atoms with van der Waals surface area (Å²) < 4.78 is 4.46. The van der Waals surface area contributed by atoms with Gasteiger partial charge in [-0.2, -0.15) is 0 Å². The van der Waals surface area contributed by atoms with Crippen LogP contribution >= 0.6 is 0 Å². The van der Waals surface area contributed by atoms with Gasteiger partial charge in [-0.3, -0.25) is 4.79 Å². The van der Waals surface area contributed by atoms with Crippen LogP contribution in [0.3, 0.4) is 0 Å². The standard InChI is InChI=1S/C8H17NO3/c1-7(10)6-9-5-3-4-8(11)12-2/h7,9-10H,3-6H2,1-2H3. The molecule has 0 radical (unpaired) electrons. The number of aliphatic hydroxyl groups excluding tert-OH is 1. The average molecular weight is 175 g/mol. The minimum atomic E-state index is -0.330. The Morgan fingerprint density at radius 3 is 2.83 bits per heavy atom. The molecule has 0 saturated heterocycles. The molecule has 0 amide bonds. The highest BCUT2D eigenvalue weighted by Gasteiger charge is 1.99. The van der Waals surface area contributed by atoms with Crippen molar-refractivity contribution in [3.63, 3.8) is 0 Å². The largest absolute Gasteiger partial charge is 0.469 e. The van der Waals surface area contributed by atoms with Crippen molar-refractivity contribution in [2.75, 3.05) is 20.2 Å². The predicted molar refractivity (Wildman–Crippen MR) is 45.8 cm³/mol. The van der Waals surface area contributed by atoms with Gasteiger partial charge in [0.15, 0.2) is 0 Å². The topological polar surface area (TPSA) is 58.6 Å². The van der Waals surface area contributed by atoms with Gasteiger partial charge in [0.2, 0.25) is 0 Å². The number of carbonyl (C=O) groups excluding carboxylic acids is 1. The van der Waals surface area contributed by atoms with Crippen LogP contribution in [0.1, 0.15) is 19.8 Å². The highest BCUT2D eigenvalue weighted by atomic mass is 16.5. The number of ether oxygens (including phenoxy) is 1. The van der Waals surface area contributed by atoms with E-state index in [0.717, 1.165) is 13.0 Å². The van der Waals surface area contributed by atoms with Crippen molar-refractivity contribution in [2.24, 2.45) is 0 Å². The third-order valence-corrected chi connectivity index (χ3v) is 1.40. The second-order valence-electron chi connectivity index (χ2n) is 2.73. The second-order valence-corrected chi connectivity index (χ2v) is 2.73. The molecule has 0 aliphatic rings. The molecule has 1 atom stereocenters. The Labute approximate surface area is 72.9 Å². The lowest BCUT2D eigenvalue weighted by atomic mass is 10.3. The van der Waals surface area contributed by atoms with Crippen LogP contribution in [0.15, 0.2) is 0 Å². The first kappa shape index (κ1) is 11.4. The number of esters is 1. The van der Waals surface area contributed by atoms with Crippen molar-refractivity contribution in [3.8, 4) is 0 Å². The van der Waals surface area contributed by atoms with Crippen LogP contribution in [-0.2, 0) is 9.53 Å². The zero-order valence-corrected chi connectivity index (χ0v) is 7.67. The summed E-state index contributed by atoms with van der Waals surface area (Å²) in [6.07, 6.45) is 0.853. The van der Waals surface area contributed by atoms with Gasteiger partial charge in [-0.25, -0.2) is 0 Å². The fourth-order valence-corrected chi connectivity index (χ4v) is 0.771. The lowest BCUT2D eigenvalue weighted by Crippen LogP contribution is -2.25. The van der Waals surface area contributed by atoms with Gasteiger partial charge in [-0.1, -0.05) is 0 Å². The van der Waals surface area contributed by atoms with Crippen LogP contribution in [0, 0.1) is 0 Å². The van der Waals surface area contributed by atoms with E-state index in [2.05, 4.69) is 10.1 Å². The molecule has 0 spiro atoms. The molecule has 4 heteroatoms. The molecule has 1 unspecified atom stereocenters. The van der Waals surface area contributed by atoms with Crippen LogP contribution in [0.4, 0.5) is 0 Å². The maximum Gasteiger partial charge on any atom is 0.305 e. The van der Waals surface area contributed by atoms with E-state index >= 15 is 0 Å². The third kappa shape index (κ3) is 7.50. The van der Waals surface area contributed by atoms with E-state index in [4.69, 9.17) is 5.11 Å². The van der Waals surface area contributed by atoms with Crippen molar-refractivity contribution < 1.29 is 14.6 Å². The molecule has 0 rings (SSSR count). The SMILES string of the molecule is COC(=O)CCCNCC(C)O. The van der Waals surface area contributed by atoms with Crippen molar-refractivity contribution in [3.05, 3.63) is 0 Å². The molecule has 2 N–H and O–H groups in total. The molecule has 0 saturated carbocycles. The minimum absolute atomic E-state index is 0.186. The molecule has 72 valence electrons. The number of rotatable bonds is 6. The van der Waals surface area contributed by atoms with Crippen molar-refractivity contribution >= 4 is 5.97 Å². The molecule has 0 bridgehead atoms. The number of aliphatic hydroxyl groups is 1. The summed E-state index contributed by atoms with van der Waals surface area (Å²) in [5.74, 6) is -0.186. The molecule has 0 aromatic carbocycles. The van der Waals surface area contributed by atoms with Crippen molar-refractivity contribution in [2.45, 2.75) is 25.9 Å². The first-order valence-corrected chi connectivity index (χ1v) is 4.12. The molecular weight excluding hydrogens is 158 g/mol. The summed E-state index contributed by atoms with van der Waals surface area (Å²) in [5.41, 5.74) is 0. The van der Waals surface area contributed by atoms with E-state index in [9.17, 15) is 4.79 Å². The van der Waals surface area contributed by atoms with Gasteiger partial charge in [0, 0.05) is 13.0 Å². The molecule has 0 fully saturated rings. The van der Waals surface area contributed by atoms with Crippen LogP contribution in [0.5, 0.6) is 0 Å². The zero-order chi connectivity index (χ0) is 9.40. The highest BCUT2D eigenvalue weighted by molar-refractivity contribution is 5.68. The van der Waals surface area contributed by atoms with Crippen molar-refractivity contribution in [1.29, 1.82) is 0 Å². The Hall–Kier alpha value is -0.610. The monoisotopic (exact) mass is 175 g/mol. The van der Waals surface area contributed by atoms with Gasteiger partial charge >= 0.3 is 5.97 Å². The van der Waals surface area contributed by atoms with Gasteiger partial charge in [0.1, 0.15) is 0 Å². The zero-order valence-electron chi connectivity index (χ0n) is 7.67. The third-order valence-electron chi connectivity index (χ3n) is 1.40. The Balaban J connectivity index is 3.05. The summed E-state index contributed by atoms with van der Waals surface area (Å²) in [5, 5.41) is 11.9. The fraction of sp³-hybridized carbons (Fsp3) is 0.875. The molecule has 4 nitrogen and oxygen atoms in total. The van der Waals surface area contributed by atoms with Gasteiger partial charge in [-0.05, 0) is 19.9 Å². The highest BCUT2D eigenvalue weighted by Crippen LogP contribution is 1.89. The van der Waals surface area contributed by atoms with E-state index in [1.807, 2.05) is 0 Å². The summed E-state index contributed by atoms with van der Waals surface area (Å²) >= 11 is 0. The summed E-state index contributed by atoms with van der Waals surface area (Å²) in [6, 6.07) is 0. The lowest BCUT2D eigenvalue weighted by Gasteiger charge is -2.05. The molecule has 0 heterocycles. The number of carbonyl (C=O) groups is 1. The van der Waals surface area contributed by atoms with E-state index in [1.54, 1.807) is 6.92 Å². The Kier molecular flexibility index (Phi) is 6.70. The molecular formula is C8H17NO3. The summed E-state index contributed by atoms with van der Waals surface area (Å²) in [6.45, 7) is 3.02. The molecule has 0 aromatic rings. The summed E-state index contributed by atoms with van der Waals surface area (Å²) in [4.78, 5) is 10.6. The predicted octanol–water partition coefficient (Wildman–Crippen LogP) is -0.0900. The first-order chi connectivity index (χ1) is 5.66. The van der Waals surface area contributed by atoms with Crippen LogP contribution in [-0.4, -0.2) is 37.4 Å². The summed E-state index contributed by atoms with van der Waals surface area (Å²) in [7, 11) is 1.38. The average Bonchev–Trinajstić information content (AvgIpc) is 2.03. The Morgan fingerprint density at radius 2 is 2.33 bits per heavy atom. The quantitative estimate of drug-likeness (QED) is 0.437. The normalized spacial score (nSPS) is 12.6. The fourth-order valence-electron chi connectivity index (χ4n) is 0.771. The van der Waals surface area contributed by atoms with Gasteiger partial charge < -0.3 is 15.2 Å². The van der Waals surface area contributed by atoms with Gasteiger partial charge in [0.05, 0.1) is 13.2 Å². The number of nitrogens with one attached hydrogen (secondary N) is 1. The van der Waals surface area contributed by atoms with E-state index in [-0.39, 0.29) is 12.1 Å². The second kappa shape index (κ2) is 7.06. The number of methoxy groups -OCH3 is 1.